The van der Waals surface area contributed by atoms with Gasteiger partial charge in [0.2, 0.25) is 0 Å². The van der Waals surface area contributed by atoms with Gasteiger partial charge < -0.3 is 4.74 Å². The zero-order chi connectivity index (χ0) is 26.6. The molecule has 199 valence electrons. The van der Waals surface area contributed by atoms with E-state index in [0.717, 1.165) is 35.0 Å². The fraction of sp³-hybridized carbons (Fsp3) is 0.562. The maximum atomic E-state index is 13.3. The molecular formula is C32H42NO4. The third-order valence-electron chi connectivity index (χ3n) is 8.53. The summed E-state index contributed by atoms with van der Waals surface area (Å²) < 4.78 is 5.89. The Hall–Kier alpha value is -2.50. The van der Waals surface area contributed by atoms with E-state index in [-0.39, 0.29) is 17.5 Å². The van der Waals surface area contributed by atoms with Crippen LogP contribution < -0.4 is 4.74 Å². The highest BCUT2D eigenvalue weighted by molar-refractivity contribution is 6.12. The Kier molecular flexibility index (Phi) is 8.55. The van der Waals surface area contributed by atoms with Gasteiger partial charge in [-0.25, -0.2) is 0 Å². The number of ether oxygens (including phenoxy) is 1. The van der Waals surface area contributed by atoms with Gasteiger partial charge in [-0.15, -0.1) is 10.3 Å². The van der Waals surface area contributed by atoms with Gasteiger partial charge in [0.15, 0.2) is 5.78 Å². The molecule has 2 aromatic carbocycles. The summed E-state index contributed by atoms with van der Waals surface area (Å²) in [4.78, 5) is 26.6. The van der Waals surface area contributed by atoms with Gasteiger partial charge in [-0.3, -0.25) is 9.59 Å². The normalized spacial score (nSPS) is 25.2. The van der Waals surface area contributed by atoms with Gasteiger partial charge in [0, 0.05) is 17.0 Å². The van der Waals surface area contributed by atoms with Crippen LogP contribution in [0.1, 0.15) is 95.8 Å². The Morgan fingerprint density at radius 2 is 1.51 bits per heavy atom. The number of hydrogen-bond donors (Lipinski definition) is 0. The first-order valence-electron chi connectivity index (χ1n) is 14.1. The summed E-state index contributed by atoms with van der Waals surface area (Å²) in [7, 11) is 0. The highest BCUT2D eigenvalue weighted by Gasteiger charge is 2.61. The second-order valence-electron chi connectivity index (χ2n) is 11.8. The largest absolute Gasteiger partial charge is 0.494 e. The highest BCUT2D eigenvalue weighted by atomic mass is 16.5. The summed E-state index contributed by atoms with van der Waals surface area (Å²) in [5.41, 5.74) is 1.34. The fourth-order valence-electron chi connectivity index (χ4n) is 6.24. The average Bonchev–Trinajstić information content (AvgIpc) is 3.09. The van der Waals surface area contributed by atoms with Gasteiger partial charge in [0.1, 0.15) is 11.5 Å². The Bertz CT molecular complexity index is 1070. The summed E-state index contributed by atoms with van der Waals surface area (Å²) in [5.74, 6) is -0.360. The van der Waals surface area contributed by atoms with Crippen molar-refractivity contribution in [1.29, 1.82) is 0 Å². The monoisotopic (exact) mass is 504 g/mol. The van der Waals surface area contributed by atoms with E-state index in [1.54, 1.807) is 0 Å². The molecule has 37 heavy (non-hydrogen) atoms. The molecule has 3 atom stereocenters. The third kappa shape index (κ3) is 5.83. The van der Waals surface area contributed by atoms with Crippen molar-refractivity contribution in [2.75, 3.05) is 6.61 Å². The molecule has 1 aliphatic heterocycles. The Morgan fingerprint density at radius 1 is 0.919 bits per heavy atom. The molecule has 3 unspecified atom stereocenters. The summed E-state index contributed by atoms with van der Waals surface area (Å²) in [5, 5.41) is 14.0. The lowest BCUT2D eigenvalue weighted by atomic mass is 9.67. The van der Waals surface area contributed by atoms with Crippen molar-refractivity contribution in [3.8, 4) is 16.9 Å². The van der Waals surface area contributed by atoms with Gasteiger partial charge >= 0.3 is 0 Å². The number of fused-ring (bicyclic) bond motifs is 1. The predicted octanol–water partition coefficient (Wildman–Crippen LogP) is 7.46. The maximum absolute atomic E-state index is 13.3. The molecule has 1 saturated heterocycles. The number of benzene rings is 2. The summed E-state index contributed by atoms with van der Waals surface area (Å²) in [6.07, 6.45) is 8.97. The fourth-order valence-corrected chi connectivity index (χ4v) is 6.24. The van der Waals surface area contributed by atoms with Crippen molar-refractivity contribution in [1.82, 2.24) is 5.06 Å². The van der Waals surface area contributed by atoms with Crippen LogP contribution in [0.4, 0.5) is 0 Å². The van der Waals surface area contributed by atoms with Crippen LogP contribution in [0.2, 0.25) is 0 Å². The average molecular weight is 505 g/mol. The first-order valence-corrected chi connectivity index (χ1v) is 14.1. The van der Waals surface area contributed by atoms with Gasteiger partial charge in [-0.2, -0.15) is 0 Å². The molecule has 0 N–H and O–H groups in total. The SMILES string of the molecule is CCCCCCCCOc1ccc(-c2ccc(C(=O)C3CCC4(C)C(CC(C)(C)N4[O])C3=O)cc2)cc1. The molecule has 0 amide bonds. The Labute approximate surface area is 222 Å². The number of rotatable bonds is 11. The minimum atomic E-state index is -0.703. The van der Waals surface area contributed by atoms with E-state index in [4.69, 9.17) is 4.74 Å². The van der Waals surface area contributed by atoms with E-state index in [9.17, 15) is 14.8 Å². The molecule has 1 saturated carbocycles. The van der Waals surface area contributed by atoms with Gasteiger partial charge in [0.25, 0.3) is 0 Å². The highest BCUT2D eigenvalue weighted by Crippen LogP contribution is 2.51. The van der Waals surface area contributed by atoms with Gasteiger partial charge in [-0.1, -0.05) is 75.4 Å². The second-order valence-corrected chi connectivity index (χ2v) is 11.8. The minimum Gasteiger partial charge on any atom is -0.494 e. The Morgan fingerprint density at radius 3 is 2.16 bits per heavy atom. The number of unbranched alkanes of at least 4 members (excludes halogenated alkanes) is 5. The number of hydroxylamine groups is 2. The Balaban J connectivity index is 1.33. The molecular weight excluding hydrogens is 462 g/mol. The van der Waals surface area contributed by atoms with E-state index in [1.807, 2.05) is 69.3 Å². The number of carbonyl (C=O) groups excluding carboxylic acids is 2. The smallest absolute Gasteiger partial charge is 0.173 e. The lowest BCUT2D eigenvalue weighted by Crippen LogP contribution is -2.54. The van der Waals surface area contributed by atoms with Crippen LogP contribution in [-0.4, -0.2) is 34.3 Å². The maximum Gasteiger partial charge on any atom is 0.173 e. The molecule has 1 radical (unpaired) electrons. The van der Waals surface area contributed by atoms with Gasteiger partial charge in [0.05, 0.1) is 18.1 Å². The molecule has 2 fully saturated rings. The van der Waals surface area contributed by atoms with Crippen molar-refractivity contribution in [3.63, 3.8) is 0 Å². The van der Waals surface area contributed by atoms with Crippen molar-refractivity contribution < 1.29 is 19.5 Å². The quantitative estimate of drug-likeness (QED) is 0.181. The number of Topliss-reactive ketones (excluding diaryl/α,β-unsaturated/α-hetero) is 2. The predicted molar refractivity (Wildman–Crippen MR) is 146 cm³/mol. The van der Waals surface area contributed by atoms with E-state index < -0.39 is 17.0 Å². The van der Waals surface area contributed by atoms with E-state index in [1.165, 1.54) is 32.1 Å². The second kappa shape index (κ2) is 11.5. The van der Waals surface area contributed by atoms with Crippen LogP contribution in [0.15, 0.2) is 48.5 Å². The van der Waals surface area contributed by atoms with E-state index >= 15 is 0 Å². The molecule has 1 aliphatic carbocycles. The third-order valence-corrected chi connectivity index (χ3v) is 8.53. The molecule has 2 aliphatic rings. The molecule has 5 nitrogen and oxygen atoms in total. The van der Waals surface area contributed by atoms with Crippen molar-refractivity contribution in [3.05, 3.63) is 54.1 Å². The molecule has 0 spiro atoms. The number of ketones is 2. The minimum absolute atomic E-state index is 0.0641. The van der Waals surface area contributed by atoms with Crippen LogP contribution in [0.25, 0.3) is 11.1 Å². The molecule has 5 heteroatoms. The first-order chi connectivity index (χ1) is 17.7. The van der Waals surface area contributed by atoms with Crippen LogP contribution in [0.5, 0.6) is 5.75 Å². The van der Waals surface area contributed by atoms with Gasteiger partial charge in [-0.05, 0) is 69.7 Å². The van der Waals surface area contributed by atoms with Crippen molar-refractivity contribution in [2.24, 2.45) is 11.8 Å². The van der Waals surface area contributed by atoms with Crippen molar-refractivity contribution in [2.45, 2.75) is 96.6 Å². The standard InChI is InChI=1S/C32H42NO4/c1-5-6-7-8-9-10-21-37-26-17-15-24(16-18-26)23-11-13-25(14-12-23)29(34)27-19-20-32(4)28(30(27)35)22-31(2,3)33(32)36/h11-18,27-28H,5-10,19-22H2,1-4H3. The molecule has 2 aromatic rings. The van der Waals surface area contributed by atoms with E-state index in [0.29, 0.717) is 24.8 Å². The van der Waals surface area contributed by atoms with E-state index in [2.05, 4.69) is 6.92 Å². The van der Waals surface area contributed by atoms with Crippen LogP contribution in [0, 0.1) is 11.8 Å². The lowest BCUT2D eigenvalue weighted by Gasteiger charge is -2.41. The number of hydrogen-bond acceptors (Lipinski definition) is 4. The topological polar surface area (TPSA) is 66.5 Å². The summed E-state index contributed by atoms with van der Waals surface area (Å²) in [6.45, 7) is 8.64. The van der Waals surface area contributed by atoms with Crippen LogP contribution in [0.3, 0.4) is 0 Å². The molecule has 0 bridgehead atoms. The zero-order valence-corrected chi connectivity index (χ0v) is 22.9. The summed E-state index contributed by atoms with van der Waals surface area (Å²) >= 11 is 0. The molecule has 0 aromatic heterocycles. The summed E-state index contributed by atoms with van der Waals surface area (Å²) in [6, 6.07) is 15.6. The van der Waals surface area contributed by atoms with Crippen molar-refractivity contribution >= 4 is 11.6 Å². The first kappa shape index (κ1) is 27.5. The molecule has 1 heterocycles. The number of nitrogens with zero attached hydrogens (tertiary/aromatic N) is 1. The van der Waals surface area contributed by atoms with Crippen LogP contribution >= 0.6 is 0 Å². The zero-order valence-electron chi connectivity index (χ0n) is 22.9. The van der Waals surface area contributed by atoms with Crippen LogP contribution in [-0.2, 0) is 10.0 Å². The molecule has 4 rings (SSSR count). The number of carbonyl (C=O) groups is 2. The lowest BCUT2D eigenvalue weighted by molar-refractivity contribution is -0.256.